The molecule has 1 aromatic carbocycles. The zero-order valence-electron chi connectivity index (χ0n) is 12.2. The topological polar surface area (TPSA) is 86.5 Å². The summed E-state index contributed by atoms with van der Waals surface area (Å²) in [6, 6.07) is 9.11. The number of hydrogen-bond donors (Lipinski definition) is 2. The van der Waals surface area contributed by atoms with Crippen LogP contribution in [-0.4, -0.2) is 31.4 Å². The summed E-state index contributed by atoms with van der Waals surface area (Å²) < 4.78 is 5.61. The van der Waals surface area contributed by atoms with Crippen LogP contribution in [0.15, 0.2) is 29.8 Å². The van der Waals surface area contributed by atoms with Gasteiger partial charge in [0.1, 0.15) is 5.94 Å². The van der Waals surface area contributed by atoms with E-state index in [1.165, 1.54) is 6.01 Å². The Balaban J connectivity index is 0.000000677. The summed E-state index contributed by atoms with van der Waals surface area (Å²) in [6.07, 6.45) is 0.0934. The largest absolute Gasteiger partial charge is 0.352 e. The molecule has 21 heavy (non-hydrogen) atoms. The highest BCUT2D eigenvalue weighted by Gasteiger charge is 2.32. The average molecular weight is 289 g/mol. The predicted octanol–water partition coefficient (Wildman–Crippen LogP) is 2.44. The Kier molecular flexibility index (Phi) is 7.09. The monoisotopic (exact) mass is 289 g/mol. The van der Waals surface area contributed by atoms with Crippen molar-refractivity contribution in [1.82, 2.24) is 0 Å². The van der Waals surface area contributed by atoms with E-state index in [4.69, 9.17) is 20.4 Å². The van der Waals surface area contributed by atoms with Crippen LogP contribution in [0, 0.1) is 10.8 Å². The first-order valence-electron chi connectivity index (χ1n) is 6.67. The van der Waals surface area contributed by atoms with Crippen molar-refractivity contribution in [3.8, 4) is 0 Å². The minimum Gasteiger partial charge on any atom is -0.352 e. The van der Waals surface area contributed by atoms with E-state index in [0.29, 0.717) is 25.2 Å². The lowest BCUT2D eigenvalue weighted by Gasteiger charge is -2.36. The predicted molar refractivity (Wildman–Crippen MR) is 79.3 cm³/mol. The third-order valence-electron chi connectivity index (χ3n) is 2.84. The molecule has 0 saturated carbocycles. The molecule has 0 aliphatic carbocycles. The number of fused-ring (bicyclic) bond motifs is 1. The van der Waals surface area contributed by atoms with E-state index in [1.54, 1.807) is 5.06 Å². The number of nitrogens with one attached hydrogen (secondary N) is 2. The standard InChI is InChI=1S/C14H17NO3.CH2N2/c1-3-17-14-12(10-16)9-11-7-5-6-8-13(11)15(14)18-4-2;2-1-3/h5-8,14H,3-4,9H2,1-2H3;2-3H. The number of nitrogens with zero attached hydrogens (tertiary/aromatic N) is 1. The molecule has 6 nitrogen and oxygen atoms in total. The Morgan fingerprint density at radius 1 is 1.29 bits per heavy atom. The highest BCUT2D eigenvalue weighted by atomic mass is 16.7. The van der Waals surface area contributed by atoms with Gasteiger partial charge < -0.3 is 4.74 Å². The van der Waals surface area contributed by atoms with Gasteiger partial charge in [-0.2, -0.15) is 0 Å². The fourth-order valence-corrected chi connectivity index (χ4v) is 2.12. The molecule has 1 aliphatic heterocycles. The van der Waals surface area contributed by atoms with E-state index < -0.39 is 6.23 Å². The molecule has 2 N–H and O–H groups in total. The number of ether oxygens (including phenoxy) is 1. The molecule has 0 aromatic heterocycles. The molecule has 0 saturated heterocycles. The van der Waals surface area contributed by atoms with Crippen LogP contribution in [0.3, 0.4) is 0 Å². The van der Waals surface area contributed by atoms with Crippen molar-refractivity contribution >= 4 is 17.6 Å². The van der Waals surface area contributed by atoms with Crippen LogP contribution in [0.1, 0.15) is 19.4 Å². The molecule has 2 rings (SSSR count). The summed E-state index contributed by atoms with van der Waals surface area (Å²) in [4.78, 5) is 16.7. The molecule has 0 amide bonds. The van der Waals surface area contributed by atoms with E-state index >= 15 is 0 Å². The van der Waals surface area contributed by atoms with Gasteiger partial charge in [-0.25, -0.2) is 20.7 Å². The lowest BCUT2D eigenvalue weighted by atomic mass is 9.98. The summed E-state index contributed by atoms with van der Waals surface area (Å²) in [5, 5.41) is 12.9. The Morgan fingerprint density at radius 2 is 1.95 bits per heavy atom. The highest BCUT2D eigenvalue weighted by Crippen LogP contribution is 2.33. The quantitative estimate of drug-likeness (QED) is 0.658. The van der Waals surface area contributed by atoms with Gasteiger partial charge in [0.15, 0.2) is 6.23 Å². The Bertz CT molecular complexity index is 547. The minimum absolute atomic E-state index is 0.470. The molecule has 112 valence electrons. The van der Waals surface area contributed by atoms with Crippen LogP contribution < -0.4 is 5.06 Å². The van der Waals surface area contributed by atoms with Gasteiger partial charge in [0.05, 0.1) is 23.9 Å². The normalized spacial score (nSPS) is 16.2. The summed E-state index contributed by atoms with van der Waals surface area (Å²) in [5.41, 5.74) is 2.58. The number of para-hydroxylation sites is 1. The summed E-state index contributed by atoms with van der Waals surface area (Å²) >= 11 is 0. The molecule has 0 spiro atoms. The third-order valence-corrected chi connectivity index (χ3v) is 2.84. The first-order valence-corrected chi connectivity index (χ1v) is 6.67. The summed E-state index contributed by atoms with van der Waals surface area (Å²) in [7, 11) is 0. The maximum absolute atomic E-state index is 11.1. The fraction of sp³-hybridized carbons (Fsp3) is 0.400. The molecule has 1 aliphatic rings. The molecular formula is C15H19N3O3. The zero-order chi connectivity index (χ0) is 15.7. The molecule has 0 fully saturated rings. The maximum Gasteiger partial charge on any atom is 0.186 e. The van der Waals surface area contributed by atoms with Crippen molar-refractivity contribution in [2.75, 3.05) is 18.3 Å². The average Bonchev–Trinajstić information content (AvgIpc) is 2.50. The highest BCUT2D eigenvalue weighted by molar-refractivity contribution is 5.65. The van der Waals surface area contributed by atoms with Crippen LogP contribution in [-0.2, 0) is 20.8 Å². The number of hydroxylamine groups is 1. The molecule has 0 bridgehead atoms. The van der Waals surface area contributed by atoms with Crippen LogP contribution in [0.25, 0.3) is 0 Å². The van der Waals surface area contributed by atoms with Crippen LogP contribution in [0.2, 0.25) is 0 Å². The van der Waals surface area contributed by atoms with Crippen molar-refractivity contribution < 1.29 is 14.4 Å². The molecule has 1 heterocycles. The van der Waals surface area contributed by atoms with Gasteiger partial charge in [-0.3, -0.25) is 4.84 Å². The Hall–Kier alpha value is -2.23. The number of benzene rings is 1. The van der Waals surface area contributed by atoms with E-state index in [9.17, 15) is 4.79 Å². The van der Waals surface area contributed by atoms with Gasteiger partial charge in [-0.15, -0.1) is 0 Å². The van der Waals surface area contributed by atoms with E-state index in [-0.39, 0.29) is 0 Å². The molecule has 0 radical (unpaired) electrons. The van der Waals surface area contributed by atoms with Gasteiger partial charge in [-0.05, 0) is 25.5 Å². The first kappa shape index (κ1) is 16.8. The van der Waals surface area contributed by atoms with Crippen LogP contribution in [0.5, 0.6) is 0 Å². The van der Waals surface area contributed by atoms with Crippen molar-refractivity contribution in [2.45, 2.75) is 26.5 Å². The van der Waals surface area contributed by atoms with Crippen molar-refractivity contribution in [3.63, 3.8) is 0 Å². The van der Waals surface area contributed by atoms with Crippen molar-refractivity contribution in [1.29, 1.82) is 10.8 Å². The molecule has 1 aromatic rings. The number of carbonyl (C=O) groups excluding carboxylic acids is 1. The molecule has 1 atom stereocenters. The first-order chi connectivity index (χ1) is 10.2. The second-order valence-electron chi connectivity index (χ2n) is 4.11. The van der Waals surface area contributed by atoms with E-state index in [2.05, 4.69) is 0 Å². The Labute approximate surface area is 123 Å². The second kappa shape index (κ2) is 8.84. The van der Waals surface area contributed by atoms with Gasteiger partial charge in [0.25, 0.3) is 0 Å². The fourth-order valence-electron chi connectivity index (χ4n) is 2.12. The molecular weight excluding hydrogens is 270 g/mol. The van der Waals surface area contributed by atoms with Crippen LogP contribution in [0.4, 0.5) is 5.69 Å². The van der Waals surface area contributed by atoms with Gasteiger partial charge in [0, 0.05) is 13.0 Å². The smallest absolute Gasteiger partial charge is 0.186 e. The van der Waals surface area contributed by atoms with Gasteiger partial charge >= 0.3 is 0 Å². The lowest BCUT2D eigenvalue weighted by molar-refractivity contribution is -0.0154. The molecule has 1 unspecified atom stereocenters. The van der Waals surface area contributed by atoms with E-state index in [0.717, 1.165) is 11.3 Å². The van der Waals surface area contributed by atoms with Crippen molar-refractivity contribution in [3.05, 3.63) is 35.4 Å². The molecule has 6 heteroatoms. The third kappa shape index (κ3) is 4.12. The number of anilines is 1. The number of rotatable bonds is 4. The minimum atomic E-state index is -0.470. The van der Waals surface area contributed by atoms with Gasteiger partial charge in [0.2, 0.25) is 0 Å². The summed E-state index contributed by atoms with van der Waals surface area (Å²) in [5.74, 6) is 1.99. The van der Waals surface area contributed by atoms with E-state index in [1.807, 2.05) is 44.1 Å². The lowest BCUT2D eigenvalue weighted by Crippen LogP contribution is -2.43. The maximum atomic E-state index is 11.1. The summed E-state index contributed by atoms with van der Waals surface area (Å²) in [6.45, 7) is 4.84. The Morgan fingerprint density at radius 3 is 2.52 bits per heavy atom. The second-order valence-corrected chi connectivity index (χ2v) is 4.11. The van der Waals surface area contributed by atoms with Crippen LogP contribution >= 0.6 is 0 Å². The zero-order valence-corrected chi connectivity index (χ0v) is 12.2. The SMILES string of the molecule is CCOC1C(=C=O)Cc2ccccc2N1OCC.N=C=N. The number of hydrogen-bond acceptors (Lipinski definition) is 6. The van der Waals surface area contributed by atoms with Crippen molar-refractivity contribution in [2.24, 2.45) is 0 Å². The van der Waals surface area contributed by atoms with Gasteiger partial charge in [-0.1, -0.05) is 18.2 Å².